The van der Waals surface area contributed by atoms with Crippen LogP contribution < -0.4 is 10.6 Å². The maximum Gasteiger partial charge on any atom is 0.257 e. The van der Waals surface area contributed by atoms with Crippen LogP contribution in [0.2, 0.25) is 0 Å². The number of hydrogen-bond acceptors (Lipinski definition) is 5. The Hall–Kier alpha value is -2.28. The minimum atomic E-state index is 0.0743. The van der Waals surface area contributed by atoms with Gasteiger partial charge in [-0.3, -0.25) is 4.79 Å². The summed E-state index contributed by atoms with van der Waals surface area (Å²) in [7, 11) is 0. The fraction of sp³-hybridized carbons (Fsp3) is 0.556. The van der Waals surface area contributed by atoms with E-state index < -0.39 is 0 Å². The van der Waals surface area contributed by atoms with Gasteiger partial charge in [0.05, 0.1) is 17.5 Å². The molecule has 0 saturated carbocycles. The van der Waals surface area contributed by atoms with Crippen molar-refractivity contribution in [3.8, 4) is 0 Å². The van der Waals surface area contributed by atoms with Crippen LogP contribution >= 0.6 is 0 Å². The number of aryl methyl sites for hydroxylation is 1. The van der Waals surface area contributed by atoms with E-state index in [2.05, 4.69) is 26.5 Å². The zero-order chi connectivity index (χ0) is 17.2. The lowest BCUT2D eigenvalue weighted by Crippen LogP contribution is -2.47. The third kappa shape index (κ3) is 3.56. The van der Waals surface area contributed by atoms with Crippen LogP contribution in [0.3, 0.4) is 0 Å². The quantitative estimate of drug-likeness (QED) is 0.884. The highest BCUT2D eigenvalue weighted by molar-refractivity contribution is 5.93. The zero-order valence-corrected chi connectivity index (χ0v) is 14.6. The first-order valence-corrected chi connectivity index (χ1v) is 9.02. The third-order valence-electron chi connectivity index (χ3n) is 5.15. The highest BCUT2D eigenvalue weighted by Gasteiger charge is 2.25. The molecule has 2 aliphatic heterocycles. The molecule has 134 valence electrons. The Morgan fingerprint density at radius 1 is 1.44 bits per heavy atom. The molecule has 1 amide bonds. The Balaban J connectivity index is 1.22. The summed E-state index contributed by atoms with van der Waals surface area (Å²) in [4.78, 5) is 14.2. The van der Waals surface area contributed by atoms with Crippen LogP contribution in [0.25, 0.3) is 0 Å². The van der Waals surface area contributed by atoms with E-state index in [1.807, 2.05) is 11.8 Å². The molecule has 7 heteroatoms. The second-order valence-corrected chi connectivity index (χ2v) is 7.09. The van der Waals surface area contributed by atoms with Gasteiger partial charge in [-0.05, 0) is 25.8 Å². The maximum absolute atomic E-state index is 12.3. The van der Waals surface area contributed by atoms with Crippen molar-refractivity contribution in [2.75, 3.05) is 31.5 Å². The van der Waals surface area contributed by atoms with Gasteiger partial charge < -0.3 is 20.0 Å². The van der Waals surface area contributed by atoms with E-state index in [0.29, 0.717) is 17.5 Å². The molecule has 25 heavy (non-hydrogen) atoms. The molecule has 1 atom stereocenters. The Morgan fingerprint density at radius 3 is 3.04 bits per heavy atom. The number of carbonyl (C=O) groups is 1. The van der Waals surface area contributed by atoms with Gasteiger partial charge in [-0.1, -0.05) is 0 Å². The predicted molar refractivity (Wildman–Crippen MR) is 94.6 cm³/mol. The molecule has 0 bridgehead atoms. The van der Waals surface area contributed by atoms with Crippen molar-refractivity contribution in [3.05, 3.63) is 35.9 Å². The van der Waals surface area contributed by atoms with Crippen LogP contribution in [0.1, 0.15) is 28.9 Å². The number of likely N-dealkylation sites (tertiary alicyclic amines) is 1. The molecule has 4 heterocycles. The molecule has 7 nitrogen and oxygen atoms in total. The van der Waals surface area contributed by atoms with Gasteiger partial charge in [0.25, 0.3) is 5.91 Å². The molecule has 2 aliphatic rings. The van der Waals surface area contributed by atoms with Crippen LogP contribution in [-0.2, 0) is 6.54 Å². The largest absolute Gasteiger partial charge is 0.472 e. The van der Waals surface area contributed by atoms with Crippen LogP contribution in [0, 0.1) is 12.8 Å². The summed E-state index contributed by atoms with van der Waals surface area (Å²) in [5.74, 6) is 1.74. The molecule has 1 unspecified atom stereocenters. The van der Waals surface area contributed by atoms with Gasteiger partial charge in [0.15, 0.2) is 0 Å². The van der Waals surface area contributed by atoms with Crippen LogP contribution in [-0.4, -0.2) is 52.8 Å². The molecule has 1 saturated heterocycles. The molecule has 2 aromatic heterocycles. The zero-order valence-electron chi connectivity index (χ0n) is 14.6. The first kappa shape index (κ1) is 16.2. The molecule has 1 fully saturated rings. The van der Waals surface area contributed by atoms with Gasteiger partial charge in [-0.15, -0.1) is 0 Å². The highest BCUT2D eigenvalue weighted by atomic mass is 16.3. The number of nitrogens with zero attached hydrogens (tertiary/aromatic N) is 3. The smallest absolute Gasteiger partial charge is 0.257 e. The maximum atomic E-state index is 12.3. The summed E-state index contributed by atoms with van der Waals surface area (Å²) in [5.41, 5.74) is 1.70. The highest BCUT2D eigenvalue weighted by Crippen LogP contribution is 2.19. The minimum absolute atomic E-state index is 0.0743. The van der Waals surface area contributed by atoms with Crippen molar-refractivity contribution in [3.63, 3.8) is 0 Å². The normalized spacial score (nSPS) is 21.0. The molecular weight excluding hydrogens is 318 g/mol. The van der Waals surface area contributed by atoms with Crippen molar-refractivity contribution >= 4 is 11.7 Å². The van der Waals surface area contributed by atoms with E-state index in [-0.39, 0.29) is 5.91 Å². The number of amides is 1. The number of carbonyl (C=O) groups excluding carboxylic acids is 1. The molecule has 0 radical (unpaired) electrons. The average molecular weight is 343 g/mol. The molecule has 0 aromatic carbocycles. The van der Waals surface area contributed by atoms with E-state index in [0.717, 1.165) is 57.1 Å². The number of furan rings is 1. The molecule has 2 aromatic rings. The number of rotatable bonds is 4. The van der Waals surface area contributed by atoms with Crippen LogP contribution in [0.5, 0.6) is 0 Å². The Morgan fingerprint density at radius 2 is 2.28 bits per heavy atom. The summed E-state index contributed by atoms with van der Waals surface area (Å²) in [5, 5.41) is 11.7. The molecule has 4 rings (SSSR count). The van der Waals surface area contributed by atoms with Crippen LogP contribution in [0.15, 0.2) is 29.1 Å². The first-order valence-electron chi connectivity index (χ1n) is 9.02. The van der Waals surface area contributed by atoms with Gasteiger partial charge in [0, 0.05) is 50.7 Å². The molecule has 0 aliphatic carbocycles. The average Bonchev–Trinajstić information content (AvgIpc) is 3.28. The van der Waals surface area contributed by atoms with Crippen molar-refractivity contribution in [2.24, 2.45) is 5.92 Å². The lowest BCUT2D eigenvalue weighted by molar-refractivity contribution is 0.0703. The fourth-order valence-electron chi connectivity index (χ4n) is 3.71. The predicted octanol–water partition coefficient (Wildman–Crippen LogP) is 1.72. The molecule has 0 spiro atoms. The van der Waals surface area contributed by atoms with Gasteiger partial charge in [0.2, 0.25) is 0 Å². The number of anilines is 1. The number of nitrogens with one attached hydrogen (secondary N) is 2. The Bertz CT molecular complexity index is 716. The SMILES string of the molecule is Cc1cc2n(n1)CC(CNC1CCN(C(=O)c3ccoc3)CC1)CN2. The molecular formula is C18H25N5O2. The van der Waals surface area contributed by atoms with Gasteiger partial charge in [-0.25, -0.2) is 4.68 Å². The second kappa shape index (κ2) is 6.92. The van der Waals surface area contributed by atoms with E-state index in [4.69, 9.17) is 4.42 Å². The number of aromatic nitrogens is 2. The van der Waals surface area contributed by atoms with Gasteiger partial charge >= 0.3 is 0 Å². The number of piperidine rings is 1. The number of hydrogen-bond donors (Lipinski definition) is 2. The summed E-state index contributed by atoms with van der Waals surface area (Å²) in [6.07, 6.45) is 5.06. The van der Waals surface area contributed by atoms with Crippen molar-refractivity contribution < 1.29 is 9.21 Å². The van der Waals surface area contributed by atoms with Gasteiger partial charge in [0.1, 0.15) is 12.1 Å². The lowest BCUT2D eigenvalue weighted by Gasteiger charge is -2.33. The lowest BCUT2D eigenvalue weighted by atomic mass is 10.0. The van der Waals surface area contributed by atoms with E-state index in [9.17, 15) is 4.79 Å². The second-order valence-electron chi connectivity index (χ2n) is 7.09. The number of fused-ring (bicyclic) bond motifs is 1. The van der Waals surface area contributed by atoms with Crippen molar-refractivity contribution in [1.82, 2.24) is 20.0 Å². The standard InChI is InChI=1S/C18H25N5O2/c1-13-8-17-20-10-14(11-23(17)21-13)9-19-16-2-5-22(6-3-16)18(24)15-4-7-25-12-15/h4,7-8,12,14,16,19-20H,2-3,5-6,9-11H2,1H3. The van der Waals surface area contributed by atoms with Crippen molar-refractivity contribution in [2.45, 2.75) is 32.4 Å². The third-order valence-corrected chi connectivity index (χ3v) is 5.15. The Labute approximate surface area is 147 Å². The minimum Gasteiger partial charge on any atom is -0.472 e. The topological polar surface area (TPSA) is 75.3 Å². The summed E-state index contributed by atoms with van der Waals surface area (Å²) >= 11 is 0. The van der Waals surface area contributed by atoms with Gasteiger partial charge in [-0.2, -0.15) is 5.10 Å². The fourth-order valence-corrected chi connectivity index (χ4v) is 3.71. The monoisotopic (exact) mass is 343 g/mol. The Kier molecular flexibility index (Phi) is 4.48. The summed E-state index contributed by atoms with van der Waals surface area (Å²) in [6, 6.07) is 4.30. The van der Waals surface area contributed by atoms with E-state index in [1.54, 1.807) is 12.3 Å². The summed E-state index contributed by atoms with van der Waals surface area (Å²) in [6.45, 7) is 6.54. The van der Waals surface area contributed by atoms with Crippen LogP contribution in [0.4, 0.5) is 5.82 Å². The summed E-state index contributed by atoms with van der Waals surface area (Å²) < 4.78 is 7.07. The van der Waals surface area contributed by atoms with Crippen molar-refractivity contribution in [1.29, 1.82) is 0 Å². The van der Waals surface area contributed by atoms with E-state index >= 15 is 0 Å². The molecule has 2 N–H and O–H groups in total. The first-order chi connectivity index (χ1) is 12.2. The van der Waals surface area contributed by atoms with E-state index in [1.165, 1.54) is 6.26 Å².